The average Bonchev–Trinajstić information content (AvgIpc) is 2.17. The van der Waals surface area contributed by atoms with Crippen molar-refractivity contribution in [2.24, 2.45) is 5.41 Å². The van der Waals surface area contributed by atoms with Crippen LogP contribution >= 0.6 is 11.8 Å². The molecule has 0 amide bonds. The number of thioether (sulfide) groups is 1. The molecule has 1 nitrogen and oxygen atoms in total. The molecule has 0 fully saturated rings. The summed E-state index contributed by atoms with van der Waals surface area (Å²) >= 11 is 1.52. The van der Waals surface area contributed by atoms with Crippen molar-refractivity contribution in [3.8, 4) is 0 Å². The Labute approximate surface area is 93.0 Å². The summed E-state index contributed by atoms with van der Waals surface area (Å²) in [4.78, 5) is 11.7. The fraction of sp³-hybridized carbons (Fsp3) is 0.917. The topological polar surface area (TPSA) is 17.1 Å². The highest BCUT2D eigenvalue weighted by molar-refractivity contribution is 8.13. The van der Waals surface area contributed by atoms with Gasteiger partial charge >= 0.3 is 0 Å². The zero-order valence-corrected chi connectivity index (χ0v) is 10.9. The minimum absolute atomic E-state index is 0.130. The van der Waals surface area contributed by atoms with E-state index in [1.807, 2.05) is 13.8 Å². The van der Waals surface area contributed by atoms with Gasteiger partial charge in [-0.2, -0.15) is 0 Å². The molecule has 0 aromatic heterocycles. The highest BCUT2D eigenvalue weighted by Crippen LogP contribution is 2.27. The summed E-state index contributed by atoms with van der Waals surface area (Å²) in [5.74, 6) is 1.00. The molecular formula is C12H24OS. The van der Waals surface area contributed by atoms with Gasteiger partial charge < -0.3 is 0 Å². The van der Waals surface area contributed by atoms with E-state index >= 15 is 0 Å². The van der Waals surface area contributed by atoms with Gasteiger partial charge in [0.1, 0.15) is 0 Å². The molecule has 0 bridgehead atoms. The third-order valence-electron chi connectivity index (χ3n) is 2.67. The Balaban J connectivity index is 3.54. The standard InChI is InChI=1S/C12H24OS/c1-5-7-8-9-10-14-11(13)12(3,4)6-2/h5-10H2,1-4H3. The van der Waals surface area contributed by atoms with E-state index in [4.69, 9.17) is 0 Å². The lowest BCUT2D eigenvalue weighted by molar-refractivity contribution is -0.118. The van der Waals surface area contributed by atoms with Crippen molar-refractivity contribution < 1.29 is 4.79 Å². The molecule has 14 heavy (non-hydrogen) atoms. The number of hydrogen-bond donors (Lipinski definition) is 0. The van der Waals surface area contributed by atoms with Gasteiger partial charge in [-0.3, -0.25) is 4.79 Å². The van der Waals surface area contributed by atoms with Crippen molar-refractivity contribution in [2.45, 2.75) is 59.8 Å². The highest BCUT2D eigenvalue weighted by Gasteiger charge is 2.24. The molecule has 0 heterocycles. The smallest absolute Gasteiger partial charge is 0.194 e. The van der Waals surface area contributed by atoms with Crippen LogP contribution in [0.3, 0.4) is 0 Å². The first-order chi connectivity index (χ1) is 6.54. The zero-order valence-electron chi connectivity index (χ0n) is 10.1. The number of unbranched alkanes of at least 4 members (excludes halogenated alkanes) is 3. The molecule has 0 N–H and O–H groups in total. The Morgan fingerprint density at radius 3 is 2.29 bits per heavy atom. The van der Waals surface area contributed by atoms with Crippen LogP contribution in [0.2, 0.25) is 0 Å². The van der Waals surface area contributed by atoms with E-state index in [0.717, 1.165) is 12.2 Å². The van der Waals surface area contributed by atoms with Crippen molar-refractivity contribution in [1.82, 2.24) is 0 Å². The number of carbonyl (C=O) groups excluding carboxylic acids is 1. The van der Waals surface area contributed by atoms with Crippen molar-refractivity contribution in [1.29, 1.82) is 0 Å². The maximum atomic E-state index is 11.7. The molecular weight excluding hydrogens is 192 g/mol. The van der Waals surface area contributed by atoms with Crippen molar-refractivity contribution in [3.63, 3.8) is 0 Å². The normalized spacial score (nSPS) is 11.7. The second-order valence-corrected chi connectivity index (χ2v) is 5.50. The first-order valence-electron chi connectivity index (χ1n) is 5.71. The van der Waals surface area contributed by atoms with Gasteiger partial charge in [-0.15, -0.1) is 0 Å². The maximum absolute atomic E-state index is 11.7. The van der Waals surface area contributed by atoms with Gasteiger partial charge in [0.05, 0.1) is 0 Å². The van der Waals surface area contributed by atoms with Crippen LogP contribution in [0.25, 0.3) is 0 Å². The van der Waals surface area contributed by atoms with E-state index in [1.165, 1.54) is 37.4 Å². The summed E-state index contributed by atoms with van der Waals surface area (Å²) in [5, 5.41) is 0.358. The van der Waals surface area contributed by atoms with E-state index in [9.17, 15) is 4.79 Å². The van der Waals surface area contributed by atoms with Gasteiger partial charge in [-0.25, -0.2) is 0 Å². The molecule has 0 aliphatic carbocycles. The molecule has 0 rings (SSSR count). The average molecular weight is 216 g/mol. The lowest BCUT2D eigenvalue weighted by Crippen LogP contribution is -2.20. The monoisotopic (exact) mass is 216 g/mol. The van der Waals surface area contributed by atoms with Crippen molar-refractivity contribution in [2.75, 3.05) is 5.75 Å². The van der Waals surface area contributed by atoms with Crippen LogP contribution in [0.15, 0.2) is 0 Å². The fourth-order valence-electron chi connectivity index (χ4n) is 1.03. The molecule has 0 aliphatic rings. The van der Waals surface area contributed by atoms with Crippen molar-refractivity contribution >= 4 is 16.9 Å². The van der Waals surface area contributed by atoms with Crippen LogP contribution in [-0.4, -0.2) is 10.9 Å². The lowest BCUT2D eigenvalue weighted by atomic mass is 9.92. The molecule has 84 valence electrons. The van der Waals surface area contributed by atoms with Crippen LogP contribution in [0.1, 0.15) is 59.8 Å². The molecule has 0 saturated heterocycles. The van der Waals surface area contributed by atoms with Crippen LogP contribution in [0.5, 0.6) is 0 Å². The van der Waals surface area contributed by atoms with Gasteiger partial charge in [0.25, 0.3) is 0 Å². The molecule has 0 spiro atoms. The lowest BCUT2D eigenvalue weighted by Gasteiger charge is -2.19. The van der Waals surface area contributed by atoms with Crippen LogP contribution in [0, 0.1) is 5.41 Å². The minimum Gasteiger partial charge on any atom is -0.287 e. The van der Waals surface area contributed by atoms with E-state index in [2.05, 4.69) is 13.8 Å². The molecule has 0 saturated carbocycles. The van der Waals surface area contributed by atoms with E-state index in [1.54, 1.807) is 0 Å². The summed E-state index contributed by atoms with van der Waals surface area (Å²) < 4.78 is 0. The SMILES string of the molecule is CCCCCCSC(=O)C(C)(C)CC. The van der Waals surface area contributed by atoms with Crippen LogP contribution in [-0.2, 0) is 4.79 Å². The second kappa shape index (κ2) is 7.33. The first kappa shape index (κ1) is 14.0. The Hall–Kier alpha value is 0.0200. The first-order valence-corrected chi connectivity index (χ1v) is 6.70. The third kappa shape index (κ3) is 5.69. The van der Waals surface area contributed by atoms with Gasteiger partial charge in [-0.05, 0) is 12.8 Å². The Kier molecular flexibility index (Phi) is 7.34. The number of rotatable bonds is 7. The summed E-state index contributed by atoms with van der Waals surface area (Å²) in [6.07, 6.45) is 5.95. The molecule has 0 aromatic rings. The second-order valence-electron chi connectivity index (χ2n) is 4.43. The van der Waals surface area contributed by atoms with Crippen LogP contribution in [0.4, 0.5) is 0 Å². The van der Waals surface area contributed by atoms with E-state index in [-0.39, 0.29) is 5.41 Å². The predicted octanol–water partition coefficient (Wildman–Crippen LogP) is 4.26. The molecule has 0 aliphatic heterocycles. The fourth-order valence-corrected chi connectivity index (χ4v) is 2.10. The molecule has 0 aromatic carbocycles. The summed E-state index contributed by atoms with van der Waals surface area (Å²) in [6, 6.07) is 0. The van der Waals surface area contributed by atoms with Gasteiger partial charge in [0, 0.05) is 11.2 Å². The minimum atomic E-state index is -0.130. The van der Waals surface area contributed by atoms with Gasteiger partial charge in [-0.1, -0.05) is 58.7 Å². The molecule has 2 heteroatoms. The Morgan fingerprint density at radius 2 is 1.79 bits per heavy atom. The molecule has 0 radical (unpaired) electrons. The maximum Gasteiger partial charge on any atom is 0.194 e. The number of hydrogen-bond acceptors (Lipinski definition) is 2. The quantitative estimate of drug-likeness (QED) is 0.591. The van der Waals surface area contributed by atoms with Crippen molar-refractivity contribution in [3.05, 3.63) is 0 Å². The summed E-state index contributed by atoms with van der Waals surface area (Å²) in [5.41, 5.74) is -0.130. The third-order valence-corrected chi connectivity index (χ3v) is 3.98. The Morgan fingerprint density at radius 1 is 1.14 bits per heavy atom. The molecule has 0 atom stereocenters. The van der Waals surface area contributed by atoms with E-state index < -0.39 is 0 Å². The number of carbonyl (C=O) groups is 1. The predicted molar refractivity (Wildman–Crippen MR) is 65.7 cm³/mol. The van der Waals surface area contributed by atoms with Gasteiger partial charge in [0.2, 0.25) is 0 Å². The zero-order chi connectivity index (χ0) is 11.0. The van der Waals surface area contributed by atoms with E-state index in [0.29, 0.717) is 5.12 Å². The summed E-state index contributed by atoms with van der Waals surface area (Å²) in [7, 11) is 0. The Bertz CT molecular complexity index is 164. The highest BCUT2D eigenvalue weighted by atomic mass is 32.2. The molecule has 0 unspecified atom stereocenters. The largest absolute Gasteiger partial charge is 0.287 e. The van der Waals surface area contributed by atoms with Crippen LogP contribution < -0.4 is 0 Å². The summed E-state index contributed by atoms with van der Waals surface area (Å²) in [6.45, 7) is 8.36. The van der Waals surface area contributed by atoms with Gasteiger partial charge in [0.15, 0.2) is 5.12 Å².